The van der Waals surface area contributed by atoms with E-state index in [0.717, 1.165) is 12.8 Å². The second kappa shape index (κ2) is 5.95. The lowest BCUT2D eigenvalue weighted by molar-refractivity contribution is -0.159. The van der Waals surface area contributed by atoms with Gasteiger partial charge in [-0.3, -0.25) is 0 Å². The second-order valence-electron chi connectivity index (χ2n) is 5.39. The van der Waals surface area contributed by atoms with E-state index in [9.17, 15) is 13.6 Å². The molecule has 2 rings (SSSR count). The molecule has 1 saturated heterocycles. The van der Waals surface area contributed by atoms with Gasteiger partial charge in [0.25, 0.3) is 0 Å². The minimum Gasteiger partial charge on any atom is -0.456 e. The molecule has 104 valence electrons. The lowest BCUT2D eigenvalue weighted by atomic mass is 9.96. The Hall–Kier alpha value is -0.710. The van der Waals surface area contributed by atoms with Gasteiger partial charge in [0, 0.05) is 12.6 Å². The second-order valence-corrected chi connectivity index (χ2v) is 5.39. The first-order valence-electron chi connectivity index (χ1n) is 6.90. The standard InChI is InChI=1S/C13H21F2NO2/c14-13(15)8-11(18-12(13)17)9-16-10-6-4-2-1-3-5-7-10/h10-11,16H,1-9H2. The van der Waals surface area contributed by atoms with Crippen molar-refractivity contribution >= 4 is 5.97 Å². The van der Waals surface area contributed by atoms with Crippen LogP contribution in [0.4, 0.5) is 8.78 Å². The van der Waals surface area contributed by atoms with Crippen LogP contribution < -0.4 is 5.32 Å². The number of esters is 1. The average molecular weight is 261 g/mol. The van der Waals surface area contributed by atoms with Crippen molar-refractivity contribution in [2.75, 3.05) is 6.54 Å². The Balaban J connectivity index is 1.72. The van der Waals surface area contributed by atoms with Gasteiger partial charge in [-0.05, 0) is 12.8 Å². The van der Waals surface area contributed by atoms with E-state index < -0.39 is 24.4 Å². The van der Waals surface area contributed by atoms with Gasteiger partial charge in [-0.2, -0.15) is 8.78 Å². The SMILES string of the molecule is O=C1OC(CNC2CCCCCCC2)CC1(F)F. The molecule has 0 aromatic carbocycles. The van der Waals surface area contributed by atoms with Gasteiger partial charge >= 0.3 is 11.9 Å². The molecule has 1 N–H and O–H groups in total. The summed E-state index contributed by atoms with van der Waals surface area (Å²) in [5.41, 5.74) is 0. The maximum Gasteiger partial charge on any atom is 0.377 e. The fourth-order valence-corrected chi connectivity index (χ4v) is 2.72. The number of cyclic esters (lactones) is 1. The van der Waals surface area contributed by atoms with Crippen molar-refractivity contribution in [1.82, 2.24) is 5.32 Å². The molecule has 0 spiro atoms. The normalized spacial score (nSPS) is 29.7. The summed E-state index contributed by atoms with van der Waals surface area (Å²) in [5.74, 6) is -4.65. The van der Waals surface area contributed by atoms with Crippen LogP contribution in [0.3, 0.4) is 0 Å². The van der Waals surface area contributed by atoms with Crippen LogP contribution in [-0.2, 0) is 9.53 Å². The minimum atomic E-state index is -3.28. The highest BCUT2D eigenvalue weighted by Gasteiger charge is 2.50. The van der Waals surface area contributed by atoms with Gasteiger partial charge in [0.05, 0.1) is 6.42 Å². The number of hydrogen-bond acceptors (Lipinski definition) is 3. The van der Waals surface area contributed by atoms with Gasteiger partial charge in [0.2, 0.25) is 0 Å². The molecule has 3 nitrogen and oxygen atoms in total. The van der Waals surface area contributed by atoms with Crippen molar-refractivity contribution in [3.05, 3.63) is 0 Å². The molecule has 1 unspecified atom stereocenters. The Labute approximate surface area is 106 Å². The van der Waals surface area contributed by atoms with E-state index in [-0.39, 0.29) is 0 Å². The fraction of sp³-hybridized carbons (Fsp3) is 0.923. The Kier molecular flexibility index (Phi) is 4.54. The molecule has 1 saturated carbocycles. The van der Waals surface area contributed by atoms with E-state index in [1.54, 1.807) is 0 Å². The first-order chi connectivity index (χ1) is 8.58. The van der Waals surface area contributed by atoms with Crippen LogP contribution in [0, 0.1) is 0 Å². The summed E-state index contributed by atoms with van der Waals surface area (Å²) in [6, 6.07) is 0.387. The molecule has 5 heteroatoms. The summed E-state index contributed by atoms with van der Waals surface area (Å²) >= 11 is 0. The van der Waals surface area contributed by atoms with Crippen molar-refractivity contribution in [3.8, 4) is 0 Å². The molecule has 0 bridgehead atoms. The zero-order valence-corrected chi connectivity index (χ0v) is 10.6. The molecule has 0 aromatic rings. The van der Waals surface area contributed by atoms with Crippen molar-refractivity contribution in [2.24, 2.45) is 0 Å². The van der Waals surface area contributed by atoms with Crippen LogP contribution in [0.25, 0.3) is 0 Å². The Morgan fingerprint density at radius 3 is 2.33 bits per heavy atom. The van der Waals surface area contributed by atoms with E-state index in [4.69, 9.17) is 0 Å². The average Bonchev–Trinajstić information content (AvgIpc) is 2.51. The van der Waals surface area contributed by atoms with Crippen LogP contribution in [0.1, 0.15) is 51.4 Å². The number of alkyl halides is 2. The fourth-order valence-electron chi connectivity index (χ4n) is 2.72. The third kappa shape index (κ3) is 3.64. The molecule has 0 aromatic heterocycles. The summed E-state index contributed by atoms with van der Waals surface area (Å²) < 4.78 is 30.6. The lowest BCUT2D eigenvalue weighted by Crippen LogP contribution is -2.36. The van der Waals surface area contributed by atoms with Crippen LogP contribution in [0.5, 0.6) is 0 Å². The monoisotopic (exact) mass is 261 g/mol. The molecule has 0 amide bonds. The molecule has 1 atom stereocenters. The van der Waals surface area contributed by atoms with E-state index in [2.05, 4.69) is 10.1 Å². The number of hydrogen-bond donors (Lipinski definition) is 1. The summed E-state index contributed by atoms with van der Waals surface area (Å²) in [4.78, 5) is 10.9. The van der Waals surface area contributed by atoms with Gasteiger partial charge in [-0.15, -0.1) is 0 Å². The van der Waals surface area contributed by atoms with Crippen molar-refractivity contribution in [3.63, 3.8) is 0 Å². The number of halogens is 2. The third-order valence-electron chi connectivity index (χ3n) is 3.80. The summed E-state index contributed by atoms with van der Waals surface area (Å²) in [6.07, 6.45) is 7.25. The van der Waals surface area contributed by atoms with Gasteiger partial charge < -0.3 is 10.1 Å². The zero-order valence-electron chi connectivity index (χ0n) is 10.6. The van der Waals surface area contributed by atoms with E-state index in [1.807, 2.05) is 0 Å². The summed E-state index contributed by atoms with van der Waals surface area (Å²) in [5, 5.41) is 3.28. The Morgan fingerprint density at radius 1 is 1.17 bits per heavy atom. The van der Waals surface area contributed by atoms with E-state index >= 15 is 0 Å². The molecule has 2 aliphatic rings. The number of rotatable bonds is 3. The maximum atomic E-state index is 13.0. The lowest BCUT2D eigenvalue weighted by Gasteiger charge is -2.22. The van der Waals surface area contributed by atoms with E-state index in [0.29, 0.717) is 12.6 Å². The van der Waals surface area contributed by atoms with Crippen LogP contribution in [0.2, 0.25) is 0 Å². The Bertz CT molecular complexity index is 289. The number of carbonyl (C=O) groups excluding carboxylic acids is 1. The van der Waals surface area contributed by atoms with Crippen molar-refractivity contribution in [2.45, 2.75) is 69.4 Å². The number of nitrogens with one attached hydrogen (secondary N) is 1. The predicted octanol–water partition coefficient (Wildman–Crippen LogP) is 2.64. The predicted molar refractivity (Wildman–Crippen MR) is 63.6 cm³/mol. The first kappa shape index (κ1) is 13.7. The topological polar surface area (TPSA) is 38.3 Å². The smallest absolute Gasteiger partial charge is 0.377 e. The third-order valence-corrected chi connectivity index (χ3v) is 3.80. The maximum absolute atomic E-state index is 13.0. The summed E-state index contributed by atoms with van der Waals surface area (Å²) in [7, 11) is 0. The molecule has 18 heavy (non-hydrogen) atoms. The number of carbonyl (C=O) groups is 1. The highest BCUT2D eigenvalue weighted by molar-refractivity contribution is 5.79. The summed E-state index contributed by atoms with van der Waals surface area (Å²) in [6.45, 7) is 0.353. The van der Waals surface area contributed by atoms with Gasteiger partial charge in [0.1, 0.15) is 6.10 Å². The van der Waals surface area contributed by atoms with Crippen LogP contribution >= 0.6 is 0 Å². The number of ether oxygens (including phenoxy) is 1. The van der Waals surface area contributed by atoms with Gasteiger partial charge in [-0.1, -0.05) is 32.1 Å². The Morgan fingerprint density at radius 2 is 1.78 bits per heavy atom. The van der Waals surface area contributed by atoms with E-state index in [1.165, 1.54) is 32.1 Å². The molecular weight excluding hydrogens is 240 g/mol. The van der Waals surface area contributed by atoms with Crippen LogP contribution in [0.15, 0.2) is 0 Å². The molecule has 1 aliphatic heterocycles. The van der Waals surface area contributed by atoms with Gasteiger partial charge in [0.15, 0.2) is 0 Å². The van der Waals surface area contributed by atoms with Crippen molar-refractivity contribution in [1.29, 1.82) is 0 Å². The molecular formula is C13H21F2NO2. The van der Waals surface area contributed by atoms with Gasteiger partial charge in [-0.25, -0.2) is 4.79 Å². The molecule has 0 radical (unpaired) electrons. The quantitative estimate of drug-likeness (QED) is 0.794. The van der Waals surface area contributed by atoms with Crippen molar-refractivity contribution < 1.29 is 18.3 Å². The minimum absolute atomic E-state index is 0.353. The molecule has 1 aliphatic carbocycles. The molecule has 2 fully saturated rings. The molecule has 1 heterocycles. The first-order valence-corrected chi connectivity index (χ1v) is 6.90. The zero-order chi connectivity index (χ0) is 13.0. The highest BCUT2D eigenvalue weighted by atomic mass is 19.3. The van der Waals surface area contributed by atoms with Crippen LogP contribution in [-0.4, -0.2) is 30.6 Å². The largest absolute Gasteiger partial charge is 0.456 e. The highest BCUT2D eigenvalue weighted by Crippen LogP contribution is 2.30.